The zero-order chi connectivity index (χ0) is 16.8. The zero-order valence-electron chi connectivity index (χ0n) is 14.4. The van der Waals surface area contributed by atoms with E-state index in [9.17, 15) is 0 Å². The summed E-state index contributed by atoms with van der Waals surface area (Å²) in [5.41, 5.74) is 2.86. The van der Waals surface area contributed by atoms with Crippen molar-refractivity contribution in [3.63, 3.8) is 0 Å². The monoisotopic (exact) mass is 454 g/mol. The number of aryl methyl sites for hydroxylation is 1. The normalized spacial score (nSPS) is 13.4. The van der Waals surface area contributed by atoms with Gasteiger partial charge in [0.2, 0.25) is 0 Å². The highest BCUT2D eigenvalue weighted by atomic mass is 127. The molecule has 0 saturated heterocycles. The third-order valence-corrected chi connectivity index (χ3v) is 3.62. The van der Waals surface area contributed by atoms with Gasteiger partial charge in [-0.05, 0) is 31.2 Å². The number of guanidine groups is 1. The molecule has 0 atom stereocenters. The lowest BCUT2D eigenvalue weighted by Gasteiger charge is -2.14. The number of aromatic nitrogens is 1. The van der Waals surface area contributed by atoms with Crippen LogP contribution in [0.2, 0.25) is 0 Å². The molecule has 2 N–H and O–H groups in total. The number of nitrogens with zero attached hydrogens (tertiary/aromatic N) is 2. The first-order chi connectivity index (χ1) is 11.7. The van der Waals surface area contributed by atoms with E-state index in [1.54, 1.807) is 7.05 Å². The first-order valence-corrected chi connectivity index (χ1v) is 8.04. The highest BCUT2D eigenvalue weighted by Crippen LogP contribution is 2.32. The van der Waals surface area contributed by atoms with E-state index in [4.69, 9.17) is 9.47 Å². The van der Waals surface area contributed by atoms with Gasteiger partial charge >= 0.3 is 0 Å². The van der Waals surface area contributed by atoms with Gasteiger partial charge in [0.1, 0.15) is 0 Å². The maximum absolute atomic E-state index is 5.71. The van der Waals surface area contributed by atoms with Crippen molar-refractivity contribution in [3.05, 3.63) is 47.8 Å². The summed E-state index contributed by atoms with van der Waals surface area (Å²) in [6, 6.07) is 11.8. The number of nitrogens with one attached hydrogen (secondary N) is 2. The van der Waals surface area contributed by atoms with Crippen LogP contribution in [0.25, 0.3) is 0 Å². The number of benzene rings is 1. The molecule has 1 aliphatic rings. The summed E-state index contributed by atoms with van der Waals surface area (Å²) in [5.74, 6) is 2.21. The van der Waals surface area contributed by atoms with Crippen LogP contribution in [0, 0.1) is 6.92 Å². The molecule has 25 heavy (non-hydrogen) atoms. The van der Waals surface area contributed by atoms with Gasteiger partial charge < -0.3 is 20.1 Å². The molecule has 6 nitrogen and oxygen atoms in total. The number of ether oxygens (including phenoxy) is 2. The molecule has 0 aliphatic carbocycles. The number of anilines is 1. The minimum Gasteiger partial charge on any atom is -0.490 e. The zero-order valence-corrected chi connectivity index (χ0v) is 16.7. The third kappa shape index (κ3) is 5.48. The quantitative estimate of drug-likeness (QED) is 0.423. The van der Waals surface area contributed by atoms with Gasteiger partial charge in [0, 0.05) is 30.9 Å². The molecule has 0 spiro atoms. The second-order valence-electron chi connectivity index (χ2n) is 5.53. The van der Waals surface area contributed by atoms with Crippen molar-refractivity contribution in [2.45, 2.75) is 19.9 Å². The second-order valence-corrected chi connectivity index (χ2v) is 5.53. The number of aliphatic imine (C=N–C) groups is 1. The van der Waals surface area contributed by atoms with Crippen LogP contribution in [0.4, 0.5) is 5.69 Å². The van der Waals surface area contributed by atoms with E-state index in [2.05, 4.69) is 20.6 Å². The first-order valence-electron chi connectivity index (χ1n) is 8.04. The Kier molecular flexibility index (Phi) is 7.30. The molecular weight excluding hydrogens is 431 g/mol. The number of hydrogen-bond donors (Lipinski definition) is 2. The van der Waals surface area contributed by atoms with Gasteiger partial charge in [0.15, 0.2) is 17.5 Å². The molecule has 0 amide bonds. The van der Waals surface area contributed by atoms with E-state index in [1.807, 2.05) is 43.3 Å². The van der Waals surface area contributed by atoms with Gasteiger partial charge in [0.05, 0.1) is 25.5 Å². The SMILES string of the molecule is CN=C(NCc1cccc(C)n1)Nc1ccc2c(c1)OCCCO2.I. The molecule has 0 unspecified atom stereocenters. The van der Waals surface area contributed by atoms with Gasteiger partial charge in [0.25, 0.3) is 0 Å². The first kappa shape index (κ1) is 19.3. The number of fused-ring (bicyclic) bond motifs is 1. The summed E-state index contributed by atoms with van der Waals surface area (Å²) in [5, 5.41) is 6.52. The summed E-state index contributed by atoms with van der Waals surface area (Å²) in [4.78, 5) is 8.72. The lowest BCUT2D eigenvalue weighted by atomic mass is 10.2. The average molecular weight is 454 g/mol. The third-order valence-electron chi connectivity index (χ3n) is 3.62. The summed E-state index contributed by atoms with van der Waals surface area (Å²) in [6.07, 6.45) is 0.893. The number of rotatable bonds is 3. The van der Waals surface area contributed by atoms with Crippen molar-refractivity contribution in [3.8, 4) is 11.5 Å². The van der Waals surface area contributed by atoms with Crippen LogP contribution in [0.15, 0.2) is 41.4 Å². The molecule has 0 saturated carbocycles. The maximum atomic E-state index is 5.71. The van der Waals surface area contributed by atoms with Crippen molar-refractivity contribution >= 4 is 35.6 Å². The Morgan fingerprint density at radius 2 is 1.96 bits per heavy atom. The molecule has 1 aromatic carbocycles. The summed E-state index contributed by atoms with van der Waals surface area (Å²) < 4.78 is 11.4. The van der Waals surface area contributed by atoms with Crippen LogP contribution in [0.5, 0.6) is 11.5 Å². The Bertz CT molecular complexity index is 737. The maximum Gasteiger partial charge on any atom is 0.195 e. The van der Waals surface area contributed by atoms with E-state index in [1.165, 1.54) is 0 Å². The number of hydrogen-bond acceptors (Lipinski definition) is 4. The predicted octanol–water partition coefficient (Wildman–Crippen LogP) is 3.36. The largest absolute Gasteiger partial charge is 0.490 e. The van der Waals surface area contributed by atoms with Gasteiger partial charge in [-0.1, -0.05) is 6.07 Å². The smallest absolute Gasteiger partial charge is 0.195 e. The fourth-order valence-corrected chi connectivity index (χ4v) is 2.43. The van der Waals surface area contributed by atoms with Crippen LogP contribution >= 0.6 is 24.0 Å². The van der Waals surface area contributed by atoms with Crippen LogP contribution in [-0.4, -0.2) is 31.2 Å². The predicted molar refractivity (Wildman–Crippen MR) is 110 cm³/mol. The molecule has 0 bridgehead atoms. The lowest BCUT2D eigenvalue weighted by molar-refractivity contribution is 0.297. The van der Waals surface area contributed by atoms with Gasteiger partial charge in [-0.3, -0.25) is 9.98 Å². The van der Waals surface area contributed by atoms with E-state index in [-0.39, 0.29) is 24.0 Å². The van der Waals surface area contributed by atoms with E-state index in [0.29, 0.717) is 25.7 Å². The Morgan fingerprint density at radius 1 is 1.16 bits per heavy atom. The Balaban J connectivity index is 0.00000225. The molecule has 7 heteroatoms. The molecular formula is C18H23IN4O2. The molecule has 2 heterocycles. The Morgan fingerprint density at radius 3 is 2.72 bits per heavy atom. The minimum atomic E-state index is 0. The number of halogens is 1. The Labute approximate surface area is 165 Å². The molecule has 1 aliphatic heterocycles. The summed E-state index contributed by atoms with van der Waals surface area (Å²) >= 11 is 0. The molecule has 1 aromatic heterocycles. The van der Waals surface area contributed by atoms with Crippen LogP contribution < -0.4 is 20.1 Å². The van der Waals surface area contributed by atoms with Crippen LogP contribution in [0.1, 0.15) is 17.8 Å². The topological polar surface area (TPSA) is 67.8 Å². The average Bonchev–Trinajstić information content (AvgIpc) is 2.83. The molecule has 0 fully saturated rings. The molecule has 134 valence electrons. The fraction of sp³-hybridized carbons (Fsp3) is 0.333. The fourth-order valence-electron chi connectivity index (χ4n) is 2.43. The van der Waals surface area contributed by atoms with Crippen LogP contribution in [0.3, 0.4) is 0 Å². The highest BCUT2D eigenvalue weighted by Gasteiger charge is 2.11. The van der Waals surface area contributed by atoms with Gasteiger partial charge in [-0.15, -0.1) is 24.0 Å². The van der Waals surface area contributed by atoms with E-state index >= 15 is 0 Å². The van der Waals surface area contributed by atoms with Crippen molar-refractivity contribution in [1.82, 2.24) is 10.3 Å². The van der Waals surface area contributed by atoms with Crippen molar-refractivity contribution in [1.29, 1.82) is 0 Å². The second kappa shape index (κ2) is 9.45. The van der Waals surface area contributed by atoms with Gasteiger partial charge in [-0.25, -0.2) is 0 Å². The number of pyridine rings is 1. The van der Waals surface area contributed by atoms with Crippen LogP contribution in [-0.2, 0) is 6.54 Å². The summed E-state index contributed by atoms with van der Waals surface area (Å²) in [6.45, 7) is 3.94. The van der Waals surface area contributed by atoms with E-state index < -0.39 is 0 Å². The molecule has 3 rings (SSSR count). The molecule has 0 radical (unpaired) electrons. The van der Waals surface area contributed by atoms with Crippen molar-refractivity contribution in [2.75, 3.05) is 25.6 Å². The summed E-state index contributed by atoms with van der Waals surface area (Å²) in [7, 11) is 1.74. The lowest BCUT2D eigenvalue weighted by Crippen LogP contribution is -2.30. The molecule has 2 aromatic rings. The Hall–Kier alpha value is -2.03. The van der Waals surface area contributed by atoms with Gasteiger partial charge in [-0.2, -0.15) is 0 Å². The minimum absolute atomic E-state index is 0. The van der Waals surface area contributed by atoms with Crippen molar-refractivity contribution in [2.24, 2.45) is 4.99 Å². The van der Waals surface area contributed by atoms with Crippen molar-refractivity contribution < 1.29 is 9.47 Å². The standard InChI is InChI=1S/C18H22N4O2.HI/c1-13-5-3-6-15(21-13)12-20-18(19-2)22-14-7-8-16-17(11-14)24-10-4-9-23-16;/h3,5-8,11H,4,9-10,12H2,1-2H3,(H2,19,20,22);1H. The van der Waals surface area contributed by atoms with E-state index in [0.717, 1.165) is 35.0 Å². The highest BCUT2D eigenvalue weighted by molar-refractivity contribution is 14.0.